The number of aryl methyl sites for hydroxylation is 2. The average Bonchev–Trinajstić information content (AvgIpc) is 2.69. The van der Waals surface area contributed by atoms with Gasteiger partial charge in [0.25, 0.3) is 5.91 Å². The Balaban J connectivity index is 1.83. The molecule has 0 spiro atoms. The number of carbonyl (C=O) groups is 1. The Morgan fingerprint density at radius 2 is 1.72 bits per heavy atom. The van der Waals surface area contributed by atoms with E-state index >= 15 is 0 Å². The van der Waals surface area contributed by atoms with Crippen LogP contribution >= 0.6 is 0 Å². The number of nitrogens with one attached hydrogen (secondary N) is 1. The number of carbonyl (C=O) groups excluding carboxylic acids is 1. The van der Waals surface area contributed by atoms with E-state index in [1.165, 1.54) is 6.07 Å². The minimum absolute atomic E-state index is 0.0784. The lowest BCUT2D eigenvalue weighted by molar-refractivity contribution is 0.102. The standard InChI is InChI=1S/C24H18F2N2O/c1-14-7-9-17(15(2)11-14)23-13-19(18-5-3-4-6-21(18)27-23)24(29)28-22-10-8-16(25)12-20(22)26/h3-13H,1-2H3,(H,28,29). The van der Waals surface area contributed by atoms with Gasteiger partial charge in [0.15, 0.2) is 0 Å². The summed E-state index contributed by atoms with van der Waals surface area (Å²) in [6.07, 6.45) is 0. The maximum atomic E-state index is 14.0. The van der Waals surface area contributed by atoms with Gasteiger partial charge in [-0.15, -0.1) is 0 Å². The average molecular weight is 388 g/mol. The van der Waals surface area contributed by atoms with E-state index in [2.05, 4.69) is 11.4 Å². The lowest BCUT2D eigenvalue weighted by atomic mass is 9.99. The summed E-state index contributed by atoms with van der Waals surface area (Å²) in [5, 5.41) is 3.19. The lowest BCUT2D eigenvalue weighted by Crippen LogP contribution is -2.14. The third-order valence-electron chi connectivity index (χ3n) is 4.80. The summed E-state index contributed by atoms with van der Waals surface area (Å²) in [4.78, 5) is 17.7. The first-order chi connectivity index (χ1) is 13.9. The molecule has 1 amide bonds. The van der Waals surface area contributed by atoms with E-state index in [0.717, 1.165) is 28.8 Å². The van der Waals surface area contributed by atoms with Crippen LogP contribution < -0.4 is 5.32 Å². The van der Waals surface area contributed by atoms with Crippen molar-refractivity contribution in [3.05, 3.63) is 95.1 Å². The van der Waals surface area contributed by atoms with Gasteiger partial charge in [-0.25, -0.2) is 13.8 Å². The van der Waals surface area contributed by atoms with Crippen LogP contribution in [0.25, 0.3) is 22.2 Å². The van der Waals surface area contributed by atoms with E-state index in [9.17, 15) is 13.6 Å². The molecule has 0 saturated carbocycles. The minimum atomic E-state index is -0.827. The van der Waals surface area contributed by atoms with Gasteiger partial charge >= 0.3 is 0 Å². The van der Waals surface area contributed by atoms with E-state index in [-0.39, 0.29) is 5.69 Å². The Kier molecular flexibility index (Phi) is 4.80. The predicted octanol–water partition coefficient (Wildman–Crippen LogP) is 6.05. The highest BCUT2D eigenvalue weighted by Gasteiger charge is 2.16. The van der Waals surface area contributed by atoms with Crippen LogP contribution in [-0.2, 0) is 0 Å². The Bertz CT molecular complexity index is 1250. The van der Waals surface area contributed by atoms with E-state index in [1.54, 1.807) is 12.1 Å². The molecular formula is C24H18F2N2O. The van der Waals surface area contributed by atoms with Crippen molar-refractivity contribution in [1.29, 1.82) is 0 Å². The molecule has 0 saturated heterocycles. The third-order valence-corrected chi connectivity index (χ3v) is 4.80. The van der Waals surface area contributed by atoms with Crippen LogP contribution in [0.4, 0.5) is 14.5 Å². The molecule has 5 heteroatoms. The van der Waals surface area contributed by atoms with Crippen molar-refractivity contribution in [2.45, 2.75) is 13.8 Å². The number of benzene rings is 3. The Labute approximate surface area is 167 Å². The van der Waals surface area contributed by atoms with Gasteiger partial charge in [-0.3, -0.25) is 4.79 Å². The molecule has 0 radical (unpaired) electrons. The SMILES string of the molecule is Cc1ccc(-c2cc(C(=O)Nc3ccc(F)cc3F)c3ccccc3n2)c(C)c1. The highest BCUT2D eigenvalue weighted by molar-refractivity contribution is 6.13. The fourth-order valence-electron chi connectivity index (χ4n) is 3.38. The molecular weight excluding hydrogens is 370 g/mol. The lowest BCUT2D eigenvalue weighted by Gasteiger charge is -2.12. The zero-order valence-electron chi connectivity index (χ0n) is 16.0. The van der Waals surface area contributed by atoms with Crippen LogP contribution in [0.5, 0.6) is 0 Å². The fourth-order valence-corrected chi connectivity index (χ4v) is 3.38. The van der Waals surface area contributed by atoms with E-state index in [4.69, 9.17) is 4.98 Å². The molecule has 0 unspecified atom stereocenters. The van der Waals surface area contributed by atoms with E-state index < -0.39 is 17.5 Å². The van der Waals surface area contributed by atoms with Gasteiger partial charge in [0.05, 0.1) is 22.5 Å². The molecule has 3 nitrogen and oxygen atoms in total. The van der Waals surface area contributed by atoms with Crippen molar-refractivity contribution >= 4 is 22.5 Å². The second kappa shape index (κ2) is 7.43. The van der Waals surface area contributed by atoms with Crippen molar-refractivity contribution in [2.24, 2.45) is 0 Å². The monoisotopic (exact) mass is 388 g/mol. The number of hydrogen-bond donors (Lipinski definition) is 1. The topological polar surface area (TPSA) is 42.0 Å². The van der Waals surface area contributed by atoms with Crippen molar-refractivity contribution in [2.75, 3.05) is 5.32 Å². The summed E-state index contributed by atoms with van der Waals surface area (Å²) in [5.74, 6) is -2.02. The van der Waals surface area contributed by atoms with Crippen molar-refractivity contribution in [1.82, 2.24) is 4.98 Å². The van der Waals surface area contributed by atoms with E-state index in [0.29, 0.717) is 22.2 Å². The molecule has 4 rings (SSSR count). The molecule has 29 heavy (non-hydrogen) atoms. The Hall–Kier alpha value is -3.60. The quantitative estimate of drug-likeness (QED) is 0.464. The van der Waals surface area contributed by atoms with Gasteiger partial charge < -0.3 is 5.32 Å². The maximum Gasteiger partial charge on any atom is 0.256 e. The summed E-state index contributed by atoms with van der Waals surface area (Å²) in [6, 6.07) is 18.1. The number of halogens is 2. The molecule has 0 aliphatic rings. The molecule has 1 heterocycles. The number of para-hydroxylation sites is 1. The number of anilines is 1. The molecule has 0 aliphatic carbocycles. The van der Waals surface area contributed by atoms with Crippen molar-refractivity contribution in [3.63, 3.8) is 0 Å². The minimum Gasteiger partial charge on any atom is -0.319 e. The number of nitrogens with zero attached hydrogens (tertiary/aromatic N) is 1. The molecule has 3 aromatic carbocycles. The van der Waals surface area contributed by atoms with Gasteiger partial charge in [0.2, 0.25) is 0 Å². The second-order valence-corrected chi connectivity index (χ2v) is 6.97. The third kappa shape index (κ3) is 3.72. The van der Waals surface area contributed by atoms with E-state index in [1.807, 2.05) is 44.2 Å². The van der Waals surface area contributed by atoms with Gasteiger partial charge in [0.1, 0.15) is 11.6 Å². The molecule has 0 atom stereocenters. The Morgan fingerprint density at radius 3 is 2.48 bits per heavy atom. The van der Waals surface area contributed by atoms with Gasteiger partial charge in [0, 0.05) is 17.0 Å². The molecule has 1 N–H and O–H groups in total. The zero-order valence-corrected chi connectivity index (χ0v) is 16.0. The van der Waals surface area contributed by atoms with Crippen molar-refractivity contribution in [3.8, 4) is 11.3 Å². The zero-order chi connectivity index (χ0) is 20.5. The molecule has 4 aromatic rings. The molecule has 0 bridgehead atoms. The number of fused-ring (bicyclic) bond motifs is 1. The summed E-state index contributed by atoms with van der Waals surface area (Å²) in [6.45, 7) is 4.01. The van der Waals surface area contributed by atoms with Crippen LogP contribution in [0.15, 0.2) is 66.7 Å². The molecule has 0 aliphatic heterocycles. The number of pyridine rings is 1. The second-order valence-electron chi connectivity index (χ2n) is 6.97. The highest BCUT2D eigenvalue weighted by Crippen LogP contribution is 2.28. The predicted molar refractivity (Wildman–Crippen MR) is 111 cm³/mol. The first-order valence-corrected chi connectivity index (χ1v) is 9.16. The first kappa shape index (κ1) is 18.7. The van der Waals surface area contributed by atoms with Crippen LogP contribution in [0.3, 0.4) is 0 Å². The largest absolute Gasteiger partial charge is 0.319 e. The van der Waals surface area contributed by atoms with Crippen LogP contribution in [0, 0.1) is 25.5 Å². The smallest absolute Gasteiger partial charge is 0.256 e. The Morgan fingerprint density at radius 1 is 0.931 bits per heavy atom. The van der Waals surface area contributed by atoms with Gasteiger partial charge in [-0.1, -0.05) is 42.0 Å². The molecule has 1 aromatic heterocycles. The van der Waals surface area contributed by atoms with Crippen LogP contribution in [-0.4, -0.2) is 10.9 Å². The highest BCUT2D eigenvalue weighted by atomic mass is 19.1. The number of amides is 1. The first-order valence-electron chi connectivity index (χ1n) is 9.16. The van der Waals surface area contributed by atoms with Gasteiger partial charge in [-0.05, 0) is 43.7 Å². The van der Waals surface area contributed by atoms with Gasteiger partial charge in [-0.2, -0.15) is 0 Å². The number of hydrogen-bond acceptors (Lipinski definition) is 2. The number of rotatable bonds is 3. The molecule has 0 fully saturated rings. The summed E-state index contributed by atoms with van der Waals surface area (Å²) >= 11 is 0. The summed E-state index contributed by atoms with van der Waals surface area (Å²) in [5.41, 5.74) is 4.71. The summed E-state index contributed by atoms with van der Waals surface area (Å²) in [7, 11) is 0. The van der Waals surface area contributed by atoms with Crippen LogP contribution in [0.2, 0.25) is 0 Å². The fraction of sp³-hybridized carbons (Fsp3) is 0.0833. The van der Waals surface area contributed by atoms with Crippen LogP contribution in [0.1, 0.15) is 21.5 Å². The maximum absolute atomic E-state index is 14.0. The summed E-state index contributed by atoms with van der Waals surface area (Å²) < 4.78 is 27.2. The molecule has 144 valence electrons. The van der Waals surface area contributed by atoms with Crippen molar-refractivity contribution < 1.29 is 13.6 Å². The number of aromatic nitrogens is 1. The normalized spacial score (nSPS) is 10.9.